The Bertz CT molecular complexity index is 1190. The number of amides is 1. The fraction of sp³-hybridized carbons (Fsp3) is 0.217. The Morgan fingerprint density at radius 3 is 2.38 bits per heavy atom. The van der Waals surface area contributed by atoms with Crippen LogP contribution < -0.4 is 4.74 Å². The lowest BCUT2D eigenvalue weighted by Gasteiger charge is -2.18. The van der Waals surface area contributed by atoms with Gasteiger partial charge in [0.15, 0.2) is 16.4 Å². The van der Waals surface area contributed by atoms with Crippen LogP contribution in [0.4, 0.5) is 0 Å². The topological polar surface area (TPSA) is 103 Å². The van der Waals surface area contributed by atoms with Crippen molar-refractivity contribution in [3.8, 4) is 5.75 Å². The molecule has 0 spiro atoms. The summed E-state index contributed by atoms with van der Waals surface area (Å²) in [5.41, 5.74) is 0.812. The van der Waals surface area contributed by atoms with Gasteiger partial charge < -0.3 is 18.8 Å². The van der Waals surface area contributed by atoms with Crippen molar-refractivity contribution in [2.75, 3.05) is 20.8 Å². The Labute approximate surface area is 186 Å². The second-order valence-electron chi connectivity index (χ2n) is 6.98. The fourth-order valence-electron chi connectivity index (χ4n) is 2.95. The largest absolute Gasteiger partial charge is 0.496 e. The predicted octanol–water partition coefficient (Wildman–Crippen LogP) is 3.08. The third-order valence-electron chi connectivity index (χ3n) is 4.65. The molecule has 1 amide bonds. The first-order chi connectivity index (χ1) is 15.3. The molecule has 3 aromatic rings. The molecule has 0 aliphatic heterocycles. The predicted molar refractivity (Wildman–Crippen MR) is 116 cm³/mol. The van der Waals surface area contributed by atoms with Crippen molar-refractivity contribution in [1.82, 2.24) is 4.90 Å². The highest BCUT2D eigenvalue weighted by Gasteiger charge is 2.21. The molecule has 1 aromatic heterocycles. The molecule has 168 valence electrons. The molecule has 0 saturated carbocycles. The van der Waals surface area contributed by atoms with Gasteiger partial charge in [-0.1, -0.05) is 36.4 Å². The van der Waals surface area contributed by atoms with E-state index in [1.54, 1.807) is 38.4 Å². The van der Waals surface area contributed by atoms with Gasteiger partial charge in [-0.15, -0.1) is 0 Å². The van der Waals surface area contributed by atoms with Crippen LogP contribution in [0.3, 0.4) is 0 Å². The second kappa shape index (κ2) is 10.1. The summed E-state index contributed by atoms with van der Waals surface area (Å²) in [6.07, 6.45) is 0. The quantitative estimate of drug-likeness (QED) is 0.455. The van der Waals surface area contributed by atoms with Crippen LogP contribution in [0.2, 0.25) is 0 Å². The molecule has 0 aliphatic carbocycles. The average molecular weight is 458 g/mol. The standard InChI is InChI=1S/C23H23NO7S/c1-24(14-17-8-6-7-11-20(17)29-2)22(25)15-30-23(26)21-13-12-18(31-21)16-32(27,28)19-9-4-3-5-10-19/h3-13H,14-16H2,1-2H3. The zero-order chi connectivity index (χ0) is 23.1. The molecule has 32 heavy (non-hydrogen) atoms. The van der Waals surface area contributed by atoms with Gasteiger partial charge in [0.05, 0.1) is 12.0 Å². The van der Waals surface area contributed by atoms with E-state index in [-0.39, 0.29) is 23.0 Å². The van der Waals surface area contributed by atoms with E-state index in [4.69, 9.17) is 13.9 Å². The minimum absolute atomic E-state index is 0.0976. The number of nitrogens with zero attached hydrogens (tertiary/aromatic N) is 1. The van der Waals surface area contributed by atoms with Crippen LogP contribution in [0.15, 0.2) is 76.0 Å². The maximum atomic E-state index is 12.4. The highest BCUT2D eigenvalue weighted by atomic mass is 32.2. The van der Waals surface area contributed by atoms with Gasteiger partial charge in [-0.2, -0.15) is 0 Å². The number of furan rings is 1. The normalized spacial score (nSPS) is 11.1. The summed E-state index contributed by atoms with van der Waals surface area (Å²) in [4.78, 5) is 26.1. The van der Waals surface area contributed by atoms with Gasteiger partial charge in [0.2, 0.25) is 5.76 Å². The Balaban J connectivity index is 1.55. The number of methoxy groups -OCH3 is 1. The van der Waals surface area contributed by atoms with E-state index < -0.39 is 34.1 Å². The van der Waals surface area contributed by atoms with E-state index in [0.717, 1.165) is 5.56 Å². The molecule has 0 radical (unpaired) electrons. The molecule has 1 heterocycles. The average Bonchev–Trinajstić information content (AvgIpc) is 3.26. The van der Waals surface area contributed by atoms with E-state index in [1.807, 2.05) is 18.2 Å². The molecular weight excluding hydrogens is 434 g/mol. The number of carbonyl (C=O) groups excluding carboxylic acids is 2. The van der Waals surface area contributed by atoms with Gasteiger partial charge in [-0.3, -0.25) is 4.79 Å². The van der Waals surface area contributed by atoms with Crippen LogP contribution in [0, 0.1) is 0 Å². The number of sulfone groups is 1. The summed E-state index contributed by atoms with van der Waals surface area (Å²) in [5.74, 6) is -1.10. The zero-order valence-corrected chi connectivity index (χ0v) is 18.5. The van der Waals surface area contributed by atoms with Gasteiger partial charge in [0.25, 0.3) is 5.91 Å². The SMILES string of the molecule is COc1ccccc1CN(C)C(=O)COC(=O)c1ccc(CS(=O)(=O)c2ccccc2)o1. The number of para-hydroxylation sites is 1. The lowest BCUT2D eigenvalue weighted by Crippen LogP contribution is -2.30. The molecule has 9 heteroatoms. The fourth-order valence-corrected chi connectivity index (χ4v) is 4.22. The molecule has 0 saturated heterocycles. The molecule has 2 aromatic carbocycles. The van der Waals surface area contributed by atoms with E-state index in [1.165, 1.54) is 29.2 Å². The number of carbonyl (C=O) groups is 2. The first kappa shape index (κ1) is 23.1. The van der Waals surface area contributed by atoms with Gasteiger partial charge >= 0.3 is 5.97 Å². The van der Waals surface area contributed by atoms with Crippen molar-refractivity contribution in [3.63, 3.8) is 0 Å². The summed E-state index contributed by atoms with van der Waals surface area (Å²) in [5, 5.41) is 0. The van der Waals surface area contributed by atoms with Crippen molar-refractivity contribution in [2.45, 2.75) is 17.2 Å². The van der Waals surface area contributed by atoms with Crippen LogP contribution in [-0.2, 0) is 31.7 Å². The molecular formula is C23H23NO7S. The summed E-state index contributed by atoms with van der Waals surface area (Å²) < 4.78 is 40.5. The number of benzene rings is 2. The zero-order valence-electron chi connectivity index (χ0n) is 17.7. The molecule has 0 aliphatic rings. The van der Waals surface area contributed by atoms with Crippen LogP contribution in [0.1, 0.15) is 21.9 Å². The molecule has 0 atom stereocenters. The smallest absolute Gasteiger partial charge is 0.374 e. The molecule has 3 rings (SSSR count). The number of ether oxygens (including phenoxy) is 2. The first-order valence-corrected chi connectivity index (χ1v) is 11.3. The van der Waals surface area contributed by atoms with E-state index >= 15 is 0 Å². The van der Waals surface area contributed by atoms with Crippen LogP contribution in [-0.4, -0.2) is 46.0 Å². The Morgan fingerprint density at radius 2 is 1.66 bits per heavy atom. The van der Waals surface area contributed by atoms with Crippen molar-refractivity contribution < 1.29 is 31.9 Å². The maximum absolute atomic E-state index is 12.4. The summed E-state index contributed by atoms with van der Waals surface area (Å²) in [6, 6.07) is 17.9. The Kier molecular flexibility index (Phi) is 7.32. The van der Waals surface area contributed by atoms with E-state index in [2.05, 4.69) is 0 Å². The number of rotatable bonds is 9. The number of esters is 1. The molecule has 0 N–H and O–H groups in total. The monoisotopic (exact) mass is 457 g/mol. The number of hydrogen-bond donors (Lipinski definition) is 0. The summed E-state index contributed by atoms with van der Waals surface area (Å²) in [6.45, 7) is -0.203. The third-order valence-corrected chi connectivity index (χ3v) is 6.30. The van der Waals surface area contributed by atoms with Crippen molar-refractivity contribution in [2.24, 2.45) is 0 Å². The lowest BCUT2D eigenvalue weighted by molar-refractivity contribution is -0.133. The van der Waals surface area contributed by atoms with E-state index in [9.17, 15) is 18.0 Å². The van der Waals surface area contributed by atoms with Crippen LogP contribution >= 0.6 is 0 Å². The number of likely N-dealkylation sites (N-methyl/N-ethyl adjacent to an activating group) is 1. The Morgan fingerprint density at radius 1 is 0.969 bits per heavy atom. The van der Waals surface area contributed by atoms with Crippen LogP contribution in [0.25, 0.3) is 0 Å². The second-order valence-corrected chi connectivity index (χ2v) is 8.97. The van der Waals surface area contributed by atoms with Crippen molar-refractivity contribution >= 4 is 21.7 Å². The highest BCUT2D eigenvalue weighted by molar-refractivity contribution is 7.90. The molecule has 0 unspecified atom stereocenters. The van der Waals surface area contributed by atoms with Gasteiger partial charge in [0.1, 0.15) is 17.3 Å². The maximum Gasteiger partial charge on any atom is 0.374 e. The van der Waals surface area contributed by atoms with Crippen molar-refractivity contribution in [3.05, 3.63) is 83.8 Å². The van der Waals surface area contributed by atoms with E-state index in [0.29, 0.717) is 5.75 Å². The first-order valence-electron chi connectivity index (χ1n) is 9.69. The van der Waals surface area contributed by atoms with Crippen molar-refractivity contribution in [1.29, 1.82) is 0 Å². The highest BCUT2D eigenvalue weighted by Crippen LogP contribution is 2.20. The molecule has 0 fully saturated rings. The lowest BCUT2D eigenvalue weighted by atomic mass is 10.2. The number of hydrogen-bond acceptors (Lipinski definition) is 7. The summed E-state index contributed by atoms with van der Waals surface area (Å²) >= 11 is 0. The van der Waals surface area contributed by atoms with Gasteiger partial charge in [0, 0.05) is 19.2 Å². The van der Waals surface area contributed by atoms with Crippen LogP contribution in [0.5, 0.6) is 5.75 Å². The molecule has 8 nitrogen and oxygen atoms in total. The van der Waals surface area contributed by atoms with Gasteiger partial charge in [-0.25, -0.2) is 13.2 Å². The molecule has 0 bridgehead atoms. The third kappa shape index (κ3) is 5.76. The minimum atomic E-state index is -3.62. The minimum Gasteiger partial charge on any atom is -0.496 e. The Hall–Kier alpha value is -3.59. The van der Waals surface area contributed by atoms with Gasteiger partial charge in [-0.05, 0) is 30.3 Å². The summed E-state index contributed by atoms with van der Waals surface area (Å²) in [7, 11) is -0.483.